The van der Waals surface area contributed by atoms with Gasteiger partial charge in [0.2, 0.25) is 0 Å². The summed E-state index contributed by atoms with van der Waals surface area (Å²) in [5.74, 6) is -0.443. The zero-order chi connectivity index (χ0) is 18.7. The van der Waals surface area contributed by atoms with Crippen LogP contribution in [-0.4, -0.2) is 27.2 Å². The lowest BCUT2D eigenvalue weighted by Gasteiger charge is -2.11. The molecule has 0 aliphatic heterocycles. The lowest BCUT2D eigenvalue weighted by atomic mass is 10.1. The number of benzene rings is 2. The first-order valence-corrected chi connectivity index (χ1v) is 8.50. The van der Waals surface area contributed by atoms with Crippen LogP contribution in [0.5, 0.6) is 11.5 Å². The molecule has 134 valence electrons. The molecule has 1 heterocycles. The Hall–Kier alpha value is -3.21. The lowest BCUT2D eigenvalue weighted by Crippen LogP contribution is -2.25. The molecular weight excluding hydrogens is 328 g/mol. The third-order valence-electron chi connectivity index (χ3n) is 4.38. The Morgan fingerprint density at radius 3 is 2.38 bits per heavy atom. The van der Waals surface area contributed by atoms with Crippen LogP contribution in [0.1, 0.15) is 27.3 Å². The van der Waals surface area contributed by atoms with Crippen LogP contribution in [-0.2, 0) is 6.42 Å². The van der Waals surface area contributed by atoms with Gasteiger partial charge in [-0.1, -0.05) is 12.1 Å². The Labute approximate surface area is 152 Å². The second kappa shape index (κ2) is 7.35. The quantitative estimate of drug-likeness (QED) is 0.617. The predicted molar refractivity (Wildman–Crippen MR) is 101 cm³/mol. The average Bonchev–Trinajstić information content (AvgIpc) is 2.96. The van der Waals surface area contributed by atoms with Crippen LogP contribution in [0, 0.1) is 13.8 Å². The summed E-state index contributed by atoms with van der Waals surface area (Å²) in [6, 6.07) is 16.3. The van der Waals surface area contributed by atoms with Crippen molar-refractivity contribution in [2.75, 3.05) is 6.54 Å². The van der Waals surface area contributed by atoms with Crippen molar-refractivity contribution < 1.29 is 15.0 Å². The molecule has 0 unspecified atom stereocenters. The first kappa shape index (κ1) is 17.6. The van der Waals surface area contributed by atoms with Crippen LogP contribution >= 0.6 is 0 Å². The van der Waals surface area contributed by atoms with Gasteiger partial charge in [-0.15, -0.1) is 0 Å². The molecule has 3 N–H and O–H groups in total. The Balaban J connectivity index is 1.67. The van der Waals surface area contributed by atoms with E-state index in [9.17, 15) is 15.0 Å². The van der Waals surface area contributed by atoms with Gasteiger partial charge >= 0.3 is 0 Å². The number of phenols is 2. The van der Waals surface area contributed by atoms with Gasteiger partial charge in [0.1, 0.15) is 0 Å². The van der Waals surface area contributed by atoms with E-state index in [1.54, 1.807) is 12.1 Å². The van der Waals surface area contributed by atoms with E-state index in [0.29, 0.717) is 18.5 Å². The minimum absolute atomic E-state index is 0.141. The third-order valence-corrected chi connectivity index (χ3v) is 4.38. The van der Waals surface area contributed by atoms with Crippen molar-refractivity contribution in [2.45, 2.75) is 20.3 Å². The molecule has 0 saturated heterocycles. The molecule has 3 aromatic rings. The van der Waals surface area contributed by atoms with E-state index < -0.39 is 0 Å². The summed E-state index contributed by atoms with van der Waals surface area (Å²) in [5, 5.41) is 21.7. The maximum atomic E-state index is 12.4. The van der Waals surface area contributed by atoms with Crippen LogP contribution in [0.3, 0.4) is 0 Å². The molecule has 26 heavy (non-hydrogen) atoms. The van der Waals surface area contributed by atoms with Crippen molar-refractivity contribution in [3.63, 3.8) is 0 Å². The number of phenolic OH excluding ortho intramolecular Hbond substituents is 2. The monoisotopic (exact) mass is 350 g/mol. The van der Waals surface area contributed by atoms with Gasteiger partial charge in [0.15, 0.2) is 11.5 Å². The standard InChI is InChI=1S/C21H22N2O3/c1-14-6-7-15(2)23(14)18-5-3-4-17(13-18)21(26)22-11-10-16-8-9-19(24)20(25)12-16/h3-9,12-13,24-25H,10-11H2,1-2H3,(H,22,26). The fourth-order valence-electron chi connectivity index (χ4n) is 3.01. The summed E-state index contributed by atoms with van der Waals surface area (Å²) in [7, 11) is 0. The normalized spacial score (nSPS) is 10.7. The summed E-state index contributed by atoms with van der Waals surface area (Å²) in [6.45, 7) is 4.51. The molecule has 0 saturated carbocycles. The van der Waals surface area contributed by atoms with E-state index >= 15 is 0 Å². The SMILES string of the molecule is Cc1ccc(C)n1-c1cccc(C(=O)NCCc2ccc(O)c(O)c2)c1. The van der Waals surface area contributed by atoms with Gasteiger partial charge in [-0.05, 0) is 68.3 Å². The molecule has 1 aromatic heterocycles. The number of rotatable bonds is 5. The first-order valence-electron chi connectivity index (χ1n) is 8.50. The van der Waals surface area contributed by atoms with E-state index in [4.69, 9.17) is 0 Å². The molecule has 1 amide bonds. The fourth-order valence-corrected chi connectivity index (χ4v) is 3.01. The number of carbonyl (C=O) groups excluding carboxylic acids is 1. The van der Waals surface area contributed by atoms with E-state index in [2.05, 4.69) is 22.0 Å². The molecular formula is C21H22N2O3. The van der Waals surface area contributed by atoms with Crippen molar-refractivity contribution in [3.8, 4) is 17.2 Å². The number of amides is 1. The zero-order valence-electron chi connectivity index (χ0n) is 14.9. The predicted octanol–water partition coefficient (Wildman–Crippen LogP) is 3.48. The highest BCUT2D eigenvalue weighted by atomic mass is 16.3. The van der Waals surface area contributed by atoms with Gasteiger partial charge < -0.3 is 20.1 Å². The zero-order valence-corrected chi connectivity index (χ0v) is 14.9. The van der Waals surface area contributed by atoms with Crippen molar-refractivity contribution >= 4 is 5.91 Å². The van der Waals surface area contributed by atoms with Gasteiger partial charge in [-0.25, -0.2) is 0 Å². The van der Waals surface area contributed by atoms with Crippen LogP contribution in [0.4, 0.5) is 0 Å². The summed E-state index contributed by atoms with van der Waals surface area (Å²) in [4.78, 5) is 12.4. The number of hydrogen-bond acceptors (Lipinski definition) is 3. The summed E-state index contributed by atoms with van der Waals surface area (Å²) >= 11 is 0. The molecule has 5 nitrogen and oxygen atoms in total. The largest absolute Gasteiger partial charge is 0.504 e. The number of aryl methyl sites for hydroxylation is 2. The molecule has 0 fully saturated rings. The number of nitrogens with one attached hydrogen (secondary N) is 1. The smallest absolute Gasteiger partial charge is 0.251 e. The Morgan fingerprint density at radius 2 is 1.69 bits per heavy atom. The van der Waals surface area contributed by atoms with Crippen LogP contribution in [0.15, 0.2) is 54.6 Å². The van der Waals surface area contributed by atoms with Gasteiger partial charge in [0.25, 0.3) is 5.91 Å². The number of carbonyl (C=O) groups is 1. The van der Waals surface area contributed by atoms with Gasteiger partial charge in [-0.3, -0.25) is 4.79 Å². The molecule has 0 radical (unpaired) electrons. The molecule has 0 spiro atoms. The van der Waals surface area contributed by atoms with E-state index in [1.165, 1.54) is 12.1 Å². The summed E-state index contributed by atoms with van der Waals surface area (Å²) in [6.07, 6.45) is 0.565. The van der Waals surface area contributed by atoms with E-state index in [1.807, 2.05) is 32.0 Å². The molecule has 3 rings (SSSR count). The summed E-state index contributed by atoms with van der Waals surface area (Å²) in [5.41, 5.74) is 4.64. The molecule has 0 aliphatic carbocycles. The van der Waals surface area contributed by atoms with Crippen LogP contribution < -0.4 is 5.32 Å². The second-order valence-corrected chi connectivity index (χ2v) is 6.33. The highest BCUT2D eigenvalue weighted by Gasteiger charge is 2.09. The van der Waals surface area contributed by atoms with E-state index in [-0.39, 0.29) is 17.4 Å². The molecule has 5 heteroatoms. The van der Waals surface area contributed by atoms with Crippen molar-refractivity contribution in [3.05, 3.63) is 77.1 Å². The van der Waals surface area contributed by atoms with Gasteiger partial charge in [0, 0.05) is 29.2 Å². The van der Waals surface area contributed by atoms with Crippen LogP contribution in [0.25, 0.3) is 5.69 Å². The molecule has 2 aromatic carbocycles. The van der Waals surface area contributed by atoms with Crippen molar-refractivity contribution in [1.29, 1.82) is 0 Å². The lowest BCUT2D eigenvalue weighted by molar-refractivity contribution is 0.0954. The molecule has 0 bridgehead atoms. The minimum Gasteiger partial charge on any atom is -0.504 e. The minimum atomic E-state index is -0.154. The number of hydrogen-bond donors (Lipinski definition) is 3. The van der Waals surface area contributed by atoms with Gasteiger partial charge in [-0.2, -0.15) is 0 Å². The molecule has 0 atom stereocenters. The van der Waals surface area contributed by atoms with Crippen molar-refractivity contribution in [1.82, 2.24) is 9.88 Å². The Kier molecular flexibility index (Phi) is 4.98. The second-order valence-electron chi connectivity index (χ2n) is 6.33. The number of nitrogens with zero attached hydrogens (tertiary/aromatic N) is 1. The van der Waals surface area contributed by atoms with Gasteiger partial charge in [0.05, 0.1) is 0 Å². The average molecular weight is 350 g/mol. The van der Waals surface area contributed by atoms with Crippen LogP contribution in [0.2, 0.25) is 0 Å². The Bertz CT molecular complexity index is 925. The first-order chi connectivity index (χ1) is 12.5. The molecule has 0 aliphatic rings. The Morgan fingerprint density at radius 1 is 0.962 bits per heavy atom. The highest BCUT2D eigenvalue weighted by molar-refractivity contribution is 5.94. The summed E-state index contributed by atoms with van der Waals surface area (Å²) < 4.78 is 2.11. The van der Waals surface area contributed by atoms with E-state index in [0.717, 1.165) is 22.6 Å². The highest BCUT2D eigenvalue weighted by Crippen LogP contribution is 2.24. The van der Waals surface area contributed by atoms with Crippen molar-refractivity contribution in [2.24, 2.45) is 0 Å². The third kappa shape index (κ3) is 3.72. The maximum Gasteiger partial charge on any atom is 0.251 e. The number of aromatic nitrogens is 1. The topological polar surface area (TPSA) is 74.5 Å². The number of aromatic hydroxyl groups is 2. The maximum absolute atomic E-state index is 12.4. The fraction of sp³-hybridized carbons (Fsp3) is 0.190.